The Kier molecular flexibility index (Phi) is 3.40. The highest BCUT2D eigenvalue weighted by Crippen LogP contribution is 2.01. The third kappa shape index (κ3) is 2.34. The summed E-state index contributed by atoms with van der Waals surface area (Å²) in [6, 6.07) is 0. The van der Waals surface area contributed by atoms with Crippen LogP contribution in [0, 0.1) is 0 Å². The summed E-state index contributed by atoms with van der Waals surface area (Å²) in [6.07, 6.45) is 0.334. The SMILES string of the molecule is COC(=O)[C@@](C)(C=O)NC(C)=O. The molecule has 1 atom stereocenters. The van der Waals surface area contributed by atoms with Gasteiger partial charge in [0.15, 0.2) is 11.8 Å². The molecule has 0 aliphatic heterocycles. The topological polar surface area (TPSA) is 72.5 Å². The van der Waals surface area contributed by atoms with Crippen LogP contribution < -0.4 is 5.32 Å². The van der Waals surface area contributed by atoms with Gasteiger partial charge in [-0.3, -0.25) is 4.79 Å². The van der Waals surface area contributed by atoms with E-state index in [0.29, 0.717) is 6.29 Å². The van der Waals surface area contributed by atoms with E-state index in [1.807, 2.05) is 0 Å². The molecule has 12 heavy (non-hydrogen) atoms. The monoisotopic (exact) mass is 173 g/mol. The number of methoxy groups -OCH3 is 1. The van der Waals surface area contributed by atoms with Gasteiger partial charge in [-0.1, -0.05) is 0 Å². The number of hydrogen-bond donors (Lipinski definition) is 1. The van der Waals surface area contributed by atoms with Crippen LogP contribution in [-0.4, -0.2) is 30.8 Å². The lowest BCUT2D eigenvalue weighted by Crippen LogP contribution is -2.53. The van der Waals surface area contributed by atoms with Crippen LogP contribution in [0.3, 0.4) is 0 Å². The van der Waals surface area contributed by atoms with E-state index in [2.05, 4.69) is 10.1 Å². The molecule has 0 unspecified atom stereocenters. The summed E-state index contributed by atoms with van der Waals surface area (Å²) in [6.45, 7) is 2.48. The van der Waals surface area contributed by atoms with Gasteiger partial charge in [0.1, 0.15) is 0 Å². The second-order valence-electron chi connectivity index (χ2n) is 2.49. The minimum atomic E-state index is -1.57. The largest absolute Gasteiger partial charge is 0.467 e. The highest BCUT2D eigenvalue weighted by molar-refractivity contribution is 6.01. The quantitative estimate of drug-likeness (QED) is 0.346. The van der Waals surface area contributed by atoms with Crippen LogP contribution in [0.15, 0.2) is 0 Å². The molecule has 0 rings (SSSR count). The number of amides is 1. The molecule has 0 bridgehead atoms. The molecule has 0 saturated carbocycles. The number of esters is 1. The Morgan fingerprint density at radius 1 is 1.50 bits per heavy atom. The number of rotatable bonds is 3. The molecule has 68 valence electrons. The van der Waals surface area contributed by atoms with Gasteiger partial charge in [0.25, 0.3) is 0 Å². The Labute approximate surface area is 70.1 Å². The van der Waals surface area contributed by atoms with Gasteiger partial charge in [0.05, 0.1) is 7.11 Å². The minimum absolute atomic E-state index is 0.334. The first-order valence-electron chi connectivity index (χ1n) is 3.29. The number of aldehydes is 1. The average molecular weight is 173 g/mol. The Hall–Kier alpha value is -1.39. The zero-order valence-corrected chi connectivity index (χ0v) is 7.21. The molecular weight excluding hydrogens is 162 g/mol. The van der Waals surface area contributed by atoms with Crippen molar-refractivity contribution in [3.05, 3.63) is 0 Å². The smallest absolute Gasteiger partial charge is 0.338 e. The van der Waals surface area contributed by atoms with Gasteiger partial charge in [-0.25, -0.2) is 4.79 Å². The standard InChI is InChI=1S/C7H11NO4/c1-5(10)8-7(2,4-9)6(11)12-3/h4H,1-3H3,(H,8,10)/t7-/m1/s1. The Morgan fingerprint density at radius 2 is 2.00 bits per heavy atom. The molecule has 0 aromatic rings. The fourth-order valence-electron chi connectivity index (χ4n) is 0.706. The van der Waals surface area contributed by atoms with Crippen LogP contribution >= 0.6 is 0 Å². The summed E-state index contributed by atoms with van der Waals surface area (Å²) < 4.78 is 4.32. The fourth-order valence-corrected chi connectivity index (χ4v) is 0.706. The van der Waals surface area contributed by atoms with Crippen molar-refractivity contribution < 1.29 is 19.1 Å². The van der Waals surface area contributed by atoms with Crippen molar-refractivity contribution in [2.45, 2.75) is 19.4 Å². The predicted molar refractivity (Wildman–Crippen MR) is 40.3 cm³/mol. The first kappa shape index (κ1) is 10.6. The Balaban J connectivity index is 4.55. The average Bonchev–Trinajstić information content (AvgIpc) is 2.01. The summed E-state index contributed by atoms with van der Waals surface area (Å²) in [7, 11) is 1.14. The first-order valence-corrected chi connectivity index (χ1v) is 3.29. The van der Waals surface area contributed by atoms with Crippen molar-refractivity contribution in [1.29, 1.82) is 0 Å². The Bertz CT molecular complexity index is 213. The van der Waals surface area contributed by atoms with Crippen LogP contribution in [0.5, 0.6) is 0 Å². The zero-order chi connectivity index (χ0) is 9.78. The van der Waals surface area contributed by atoms with Gasteiger partial charge in [-0.15, -0.1) is 0 Å². The summed E-state index contributed by atoms with van der Waals surface area (Å²) in [5, 5.41) is 2.18. The lowest BCUT2D eigenvalue weighted by Gasteiger charge is -2.20. The van der Waals surface area contributed by atoms with Crippen molar-refractivity contribution in [1.82, 2.24) is 5.32 Å². The van der Waals surface area contributed by atoms with Gasteiger partial charge < -0.3 is 14.8 Å². The van der Waals surface area contributed by atoms with Crippen molar-refractivity contribution in [3.8, 4) is 0 Å². The maximum absolute atomic E-state index is 10.9. The van der Waals surface area contributed by atoms with Gasteiger partial charge in [-0.2, -0.15) is 0 Å². The molecular formula is C7H11NO4. The van der Waals surface area contributed by atoms with Gasteiger partial charge in [0, 0.05) is 6.92 Å². The zero-order valence-electron chi connectivity index (χ0n) is 7.21. The molecule has 0 fully saturated rings. The molecule has 0 radical (unpaired) electrons. The maximum Gasteiger partial charge on any atom is 0.338 e. The number of nitrogens with one attached hydrogen (secondary N) is 1. The van der Waals surface area contributed by atoms with E-state index < -0.39 is 17.4 Å². The lowest BCUT2D eigenvalue weighted by molar-refractivity contribution is -0.151. The number of hydrogen-bond acceptors (Lipinski definition) is 4. The van der Waals surface area contributed by atoms with Crippen LogP contribution in [0.2, 0.25) is 0 Å². The fraction of sp³-hybridized carbons (Fsp3) is 0.571. The lowest BCUT2D eigenvalue weighted by atomic mass is 10.1. The van der Waals surface area contributed by atoms with E-state index in [1.54, 1.807) is 0 Å². The van der Waals surface area contributed by atoms with E-state index in [-0.39, 0.29) is 0 Å². The van der Waals surface area contributed by atoms with Crippen LogP contribution in [0.4, 0.5) is 0 Å². The first-order chi connectivity index (χ1) is 5.46. The number of ether oxygens (including phenoxy) is 1. The van der Waals surface area contributed by atoms with E-state index in [9.17, 15) is 14.4 Å². The predicted octanol–water partition coefficient (Wildman–Crippen LogP) is -0.747. The third-order valence-corrected chi connectivity index (χ3v) is 1.28. The second kappa shape index (κ2) is 3.85. The highest BCUT2D eigenvalue weighted by Gasteiger charge is 2.34. The molecule has 1 amide bonds. The summed E-state index contributed by atoms with van der Waals surface area (Å²) in [4.78, 5) is 31.9. The van der Waals surface area contributed by atoms with Crippen molar-refractivity contribution in [2.24, 2.45) is 0 Å². The maximum atomic E-state index is 10.9. The summed E-state index contributed by atoms with van der Waals surface area (Å²) in [5.74, 6) is -1.25. The molecule has 0 spiro atoms. The molecule has 0 saturated heterocycles. The minimum Gasteiger partial charge on any atom is -0.467 e. The van der Waals surface area contributed by atoms with E-state index >= 15 is 0 Å². The third-order valence-electron chi connectivity index (χ3n) is 1.28. The van der Waals surface area contributed by atoms with Crippen LogP contribution in [0.1, 0.15) is 13.8 Å². The van der Waals surface area contributed by atoms with Gasteiger partial charge in [-0.05, 0) is 6.92 Å². The van der Waals surface area contributed by atoms with Crippen molar-refractivity contribution in [3.63, 3.8) is 0 Å². The molecule has 0 aliphatic carbocycles. The molecule has 0 aromatic carbocycles. The molecule has 0 aromatic heterocycles. The molecule has 5 heteroatoms. The normalized spacial score (nSPS) is 14.2. The molecule has 5 nitrogen and oxygen atoms in total. The van der Waals surface area contributed by atoms with E-state index in [4.69, 9.17) is 0 Å². The van der Waals surface area contributed by atoms with Crippen LogP contribution in [-0.2, 0) is 19.1 Å². The summed E-state index contributed by atoms with van der Waals surface area (Å²) >= 11 is 0. The number of carbonyl (C=O) groups is 3. The second-order valence-corrected chi connectivity index (χ2v) is 2.49. The molecule has 0 aliphatic rings. The summed E-state index contributed by atoms with van der Waals surface area (Å²) in [5.41, 5.74) is -1.57. The molecule has 1 N–H and O–H groups in total. The Morgan fingerprint density at radius 3 is 2.25 bits per heavy atom. The van der Waals surface area contributed by atoms with E-state index in [1.165, 1.54) is 13.8 Å². The van der Waals surface area contributed by atoms with E-state index in [0.717, 1.165) is 7.11 Å². The van der Waals surface area contributed by atoms with Crippen LogP contribution in [0.25, 0.3) is 0 Å². The van der Waals surface area contributed by atoms with Gasteiger partial charge in [0.2, 0.25) is 5.91 Å². The molecule has 0 heterocycles. The number of carbonyl (C=O) groups excluding carboxylic acids is 3. The highest BCUT2D eigenvalue weighted by atomic mass is 16.5. The van der Waals surface area contributed by atoms with Gasteiger partial charge >= 0.3 is 5.97 Å². The van der Waals surface area contributed by atoms with Crippen molar-refractivity contribution in [2.75, 3.05) is 7.11 Å². The van der Waals surface area contributed by atoms with Crippen molar-refractivity contribution >= 4 is 18.2 Å².